The first-order chi connectivity index (χ1) is 21.8. The lowest BCUT2D eigenvalue weighted by molar-refractivity contribution is -0.149. The van der Waals surface area contributed by atoms with Gasteiger partial charge in [0.2, 0.25) is 0 Å². The van der Waals surface area contributed by atoms with E-state index in [0.717, 1.165) is 22.1 Å². The first-order valence-electron chi connectivity index (χ1n) is 14.8. The maximum Gasteiger partial charge on any atom is 0.344 e. The Morgan fingerprint density at radius 1 is 0.911 bits per heavy atom. The molecular weight excluding hydrogens is 596 g/mol. The number of fused-ring (bicyclic) bond motifs is 2. The van der Waals surface area contributed by atoms with Crippen LogP contribution in [0.3, 0.4) is 0 Å². The van der Waals surface area contributed by atoms with Crippen LogP contribution >= 0.6 is 11.8 Å². The van der Waals surface area contributed by atoms with Crippen LogP contribution in [-0.2, 0) is 23.9 Å². The Morgan fingerprint density at radius 2 is 1.64 bits per heavy atom. The van der Waals surface area contributed by atoms with Crippen molar-refractivity contribution in [1.29, 1.82) is 0 Å². The summed E-state index contributed by atoms with van der Waals surface area (Å²) in [5, 5.41) is 1.91. The lowest BCUT2D eigenvalue weighted by Crippen LogP contribution is -2.48. The summed E-state index contributed by atoms with van der Waals surface area (Å²) in [4.78, 5) is 46.4. The van der Waals surface area contributed by atoms with E-state index >= 15 is 0 Å². The van der Waals surface area contributed by atoms with Gasteiger partial charge in [-0.05, 0) is 68.5 Å². The highest BCUT2D eigenvalue weighted by molar-refractivity contribution is 8.05. The molecule has 0 radical (unpaired) electrons. The molecule has 10 nitrogen and oxygen atoms in total. The number of aliphatic imine (C=N–C) groups is 1. The van der Waals surface area contributed by atoms with E-state index in [-0.39, 0.29) is 25.7 Å². The topological polar surface area (TPSA) is 113 Å². The molecular formula is C34H36N2O8S. The zero-order chi connectivity index (χ0) is 32.1. The quantitative estimate of drug-likeness (QED) is 0.192. The van der Waals surface area contributed by atoms with Crippen LogP contribution in [0.5, 0.6) is 17.2 Å². The standard InChI is InChI=1S/C34H36N2O8S/c1-6-41-25-15-13-21(23-11-9-10-12-24(23)25)18-28-32(38)36-31(30(33(39)43-8-3)20(4)35-34(36)45-28)22-14-16-26(27(17-22)40-5)44-19-29(37)42-7-2/h9-18,30-31,34H,6-8,19H2,1-5H3/b28-18-/t30-,31-,34+/m0/s1. The number of hydrogen-bond acceptors (Lipinski definition) is 10. The summed E-state index contributed by atoms with van der Waals surface area (Å²) in [7, 11) is 1.48. The molecule has 3 aromatic rings. The Kier molecular flexibility index (Phi) is 9.97. The summed E-state index contributed by atoms with van der Waals surface area (Å²) in [6.45, 7) is 7.85. The zero-order valence-electron chi connectivity index (χ0n) is 25.9. The lowest BCUT2D eigenvalue weighted by atomic mass is 9.86. The molecule has 3 aromatic carbocycles. The van der Waals surface area contributed by atoms with Crippen LogP contribution in [0, 0.1) is 5.92 Å². The van der Waals surface area contributed by atoms with E-state index in [1.165, 1.54) is 18.9 Å². The molecule has 0 bridgehead atoms. The van der Waals surface area contributed by atoms with Crippen LogP contribution in [0.2, 0.25) is 0 Å². The zero-order valence-corrected chi connectivity index (χ0v) is 26.7. The van der Waals surface area contributed by atoms with Crippen molar-refractivity contribution in [3.05, 3.63) is 70.6 Å². The molecule has 3 atom stereocenters. The first kappa shape index (κ1) is 31.9. The van der Waals surface area contributed by atoms with Crippen molar-refractivity contribution in [2.45, 2.75) is 39.2 Å². The Hall–Kier alpha value is -4.51. The van der Waals surface area contributed by atoms with E-state index in [2.05, 4.69) is 0 Å². The largest absolute Gasteiger partial charge is 0.493 e. The van der Waals surface area contributed by atoms with Crippen molar-refractivity contribution in [2.24, 2.45) is 10.9 Å². The van der Waals surface area contributed by atoms with Crippen LogP contribution < -0.4 is 14.2 Å². The number of carbonyl (C=O) groups excluding carboxylic acids is 3. The van der Waals surface area contributed by atoms with Crippen molar-refractivity contribution in [3.8, 4) is 17.2 Å². The predicted octanol–water partition coefficient (Wildman–Crippen LogP) is 5.78. The maximum atomic E-state index is 14.2. The minimum absolute atomic E-state index is 0.182. The van der Waals surface area contributed by atoms with E-state index in [9.17, 15) is 14.4 Å². The van der Waals surface area contributed by atoms with Crippen LogP contribution in [0.1, 0.15) is 44.9 Å². The van der Waals surface area contributed by atoms with Gasteiger partial charge in [0.15, 0.2) is 23.6 Å². The highest BCUT2D eigenvalue weighted by atomic mass is 32.2. The van der Waals surface area contributed by atoms with E-state index < -0.39 is 29.4 Å². The fourth-order valence-electron chi connectivity index (χ4n) is 5.59. The Morgan fingerprint density at radius 3 is 2.36 bits per heavy atom. The van der Waals surface area contributed by atoms with Gasteiger partial charge >= 0.3 is 11.9 Å². The van der Waals surface area contributed by atoms with Crippen molar-refractivity contribution in [2.75, 3.05) is 33.5 Å². The van der Waals surface area contributed by atoms with E-state index in [1.807, 2.05) is 49.4 Å². The molecule has 11 heteroatoms. The molecule has 0 saturated carbocycles. The SMILES string of the molecule is CCOC(=O)COc1ccc([C@H]2[C@@H](C(=O)OCC)C(C)=N[C@H]3S/C(=C\c4ccc(OCC)c5ccccc45)C(=O)N32)cc1OC. The van der Waals surface area contributed by atoms with E-state index in [1.54, 1.807) is 43.9 Å². The molecule has 1 fully saturated rings. The highest BCUT2D eigenvalue weighted by Gasteiger charge is 2.50. The minimum Gasteiger partial charge on any atom is -0.493 e. The van der Waals surface area contributed by atoms with Gasteiger partial charge < -0.3 is 23.7 Å². The normalized spacial score (nSPS) is 20.1. The number of amides is 1. The van der Waals surface area contributed by atoms with Gasteiger partial charge in [-0.25, -0.2) is 4.79 Å². The molecule has 2 heterocycles. The van der Waals surface area contributed by atoms with Gasteiger partial charge in [-0.1, -0.05) is 48.2 Å². The third-order valence-electron chi connectivity index (χ3n) is 7.52. The number of thioether (sulfide) groups is 1. The van der Waals surface area contributed by atoms with Crippen molar-refractivity contribution in [3.63, 3.8) is 0 Å². The van der Waals surface area contributed by atoms with Gasteiger partial charge in [-0.3, -0.25) is 19.5 Å². The molecule has 0 aromatic heterocycles. The third-order valence-corrected chi connectivity index (χ3v) is 8.61. The first-order valence-corrected chi connectivity index (χ1v) is 15.7. The molecule has 0 spiro atoms. The summed E-state index contributed by atoms with van der Waals surface area (Å²) in [6, 6.07) is 16.2. The third kappa shape index (κ3) is 6.49. The number of hydrogen-bond donors (Lipinski definition) is 0. The minimum atomic E-state index is -0.840. The summed E-state index contributed by atoms with van der Waals surface area (Å²) in [6.07, 6.45) is 1.87. The van der Waals surface area contributed by atoms with Crippen molar-refractivity contribution >= 4 is 52.2 Å². The molecule has 236 valence electrons. The van der Waals surface area contributed by atoms with Crippen LogP contribution in [-0.4, -0.2) is 67.5 Å². The summed E-state index contributed by atoms with van der Waals surface area (Å²) in [5.41, 5.74) is 1.48. The van der Waals surface area contributed by atoms with Gasteiger partial charge in [0.05, 0.1) is 37.9 Å². The maximum absolute atomic E-state index is 14.2. The number of esters is 2. The molecule has 45 heavy (non-hydrogen) atoms. The molecule has 2 aliphatic heterocycles. The summed E-state index contributed by atoms with van der Waals surface area (Å²) in [5.74, 6) is -0.632. The molecule has 1 saturated heterocycles. The molecule has 5 rings (SSSR count). The Labute approximate surface area is 266 Å². The monoisotopic (exact) mass is 632 g/mol. The van der Waals surface area contributed by atoms with Crippen LogP contribution in [0.4, 0.5) is 0 Å². The lowest BCUT2D eigenvalue weighted by Gasteiger charge is -2.39. The fourth-order valence-corrected chi connectivity index (χ4v) is 6.78. The second-order valence-corrected chi connectivity index (χ2v) is 11.3. The highest BCUT2D eigenvalue weighted by Crippen LogP contribution is 2.49. The van der Waals surface area contributed by atoms with Gasteiger partial charge in [0.25, 0.3) is 5.91 Å². The van der Waals surface area contributed by atoms with E-state index in [0.29, 0.717) is 34.3 Å². The molecule has 0 aliphatic carbocycles. The van der Waals surface area contributed by atoms with Gasteiger partial charge in [0, 0.05) is 11.1 Å². The Bertz CT molecular complexity index is 1670. The van der Waals surface area contributed by atoms with Crippen LogP contribution in [0.25, 0.3) is 16.8 Å². The molecule has 1 amide bonds. The van der Waals surface area contributed by atoms with Crippen molar-refractivity contribution in [1.82, 2.24) is 4.90 Å². The average molecular weight is 633 g/mol. The fraction of sp³-hybridized carbons (Fsp3) is 0.353. The molecule has 0 unspecified atom stereocenters. The predicted molar refractivity (Wildman–Crippen MR) is 172 cm³/mol. The van der Waals surface area contributed by atoms with Crippen LogP contribution in [0.15, 0.2) is 64.5 Å². The summed E-state index contributed by atoms with van der Waals surface area (Å²) >= 11 is 1.34. The van der Waals surface area contributed by atoms with Crippen molar-refractivity contribution < 1.29 is 38.1 Å². The van der Waals surface area contributed by atoms with Gasteiger partial charge in [-0.15, -0.1) is 0 Å². The number of nitrogens with zero attached hydrogens (tertiary/aromatic N) is 2. The van der Waals surface area contributed by atoms with Gasteiger partial charge in [0.1, 0.15) is 11.7 Å². The number of carbonyl (C=O) groups is 3. The number of rotatable bonds is 11. The Balaban J connectivity index is 1.55. The average Bonchev–Trinajstić information content (AvgIpc) is 3.34. The summed E-state index contributed by atoms with van der Waals surface area (Å²) < 4.78 is 27.5. The number of ether oxygens (including phenoxy) is 5. The van der Waals surface area contributed by atoms with E-state index in [4.69, 9.17) is 28.7 Å². The molecule has 0 N–H and O–H groups in total. The second kappa shape index (κ2) is 14.1. The number of methoxy groups -OCH3 is 1. The second-order valence-electron chi connectivity index (χ2n) is 10.2. The smallest absolute Gasteiger partial charge is 0.344 e. The number of benzene rings is 3. The molecule has 2 aliphatic rings. The van der Waals surface area contributed by atoms with Gasteiger partial charge in [-0.2, -0.15) is 0 Å².